The number of aryl methyl sites for hydroxylation is 2. The molecule has 0 spiro atoms. The first-order valence-electron chi connectivity index (χ1n) is 7.36. The fourth-order valence-electron chi connectivity index (χ4n) is 2.27. The van der Waals surface area contributed by atoms with Crippen LogP contribution in [0.4, 0.5) is 0 Å². The van der Waals surface area contributed by atoms with Gasteiger partial charge in [0, 0.05) is 25.2 Å². The summed E-state index contributed by atoms with van der Waals surface area (Å²) in [6.07, 6.45) is 5.80. The number of nitrogens with zero attached hydrogens (tertiary/aromatic N) is 1. The molecule has 3 heteroatoms. The van der Waals surface area contributed by atoms with Crippen LogP contribution in [0.25, 0.3) is 0 Å². The number of rotatable bonds is 8. The summed E-state index contributed by atoms with van der Waals surface area (Å²) in [5.74, 6) is 0.123. The maximum atomic E-state index is 11.9. The zero-order chi connectivity index (χ0) is 14.9. The second kappa shape index (κ2) is 8.32. The van der Waals surface area contributed by atoms with Crippen molar-refractivity contribution in [1.82, 2.24) is 4.98 Å². The lowest BCUT2D eigenvalue weighted by atomic mass is 10.0. The second-order valence-corrected chi connectivity index (χ2v) is 5.28. The third kappa shape index (κ3) is 5.88. The van der Waals surface area contributed by atoms with Gasteiger partial charge in [0.2, 0.25) is 0 Å². The van der Waals surface area contributed by atoms with E-state index in [1.54, 1.807) is 12.4 Å². The lowest BCUT2D eigenvalue weighted by Crippen LogP contribution is -2.14. The summed E-state index contributed by atoms with van der Waals surface area (Å²) in [6.45, 7) is 0. The number of aliphatic hydroxyl groups is 1. The number of aliphatic hydroxyl groups excluding tert-OH is 1. The Morgan fingerprint density at radius 2 is 1.81 bits per heavy atom. The van der Waals surface area contributed by atoms with Crippen molar-refractivity contribution >= 4 is 5.78 Å². The van der Waals surface area contributed by atoms with Crippen LogP contribution in [-0.2, 0) is 17.6 Å². The minimum atomic E-state index is -0.562. The molecule has 0 bridgehead atoms. The molecule has 110 valence electrons. The number of benzene rings is 1. The normalized spacial score (nSPS) is 12.0. The van der Waals surface area contributed by atoms with Crippen molar-refractivity contribution in [2.75, 3.05) is 0 Å². The summed E-state index contributed by atoms with van der Waals surface area (Å²) in [6, 6.07) is 13.8. The maximum Gasteiger partial charge on any atom is 0.135 e. The molecule has 1 unspecified atom stereocenters. The van der Waals surface area contributed by atoms with Gasteiger partial charge in [-0.05, 0) is 36.5 Å². The number of ketones is 1. The molecule has 0 saturated carbocycles. The lowest BCUT2D eigenvalue weighted by Gasteiger charge is -2.09. The van der Waals surface area contributed by atoms with Crippen molar-refractivity contribution in [1.29, 1.82) is 0 Å². The second-order valence-electron chi connectivity index (χ2n) is 5.28. The van der Waals surface area contributed by atoms with Crippen LogP contribution >= 0.6 is 0 Å². The van der Waals surface area contributed by atoms with E-state index in [1.165, 1.54) is 0 Å². The lowest BCUT2D eigenvalue weighted by molar-refractivity contribution is -0.120. The van der Waals surface area contributed by atoms with E-state index in [0.29, 0.717) is 12.8 Å². The Kier molecular flexibility index (Phi) is 6.10. The first-order valence-corrected chi connectivity index (χ1v) is 7.36. The Bertz CT molecular complexity index is 540. The predicted molar refractivity (Wildman–Crippen MR) is 83.0 cm³/mol. The minimum absolute atomic E-state index is 0.123. The number of hydrogen-bond acceptors (Lipinski definition) is 3. The van der Waals surface area contributed by atoms with Crippen LogP contribution in [0.3, 0.4) is 0 Å². The van der Waals surface area contributed by atoms with Crippen molar-refractivity contribution < 1.29 is 9.90 Å². The Labute approximate surface area is 125 Å². The van der Waals surface area contributed by atoms with E-state index in [0.717, 1.165) is 24.0 Å². The van der Waals surface area contributed by atoms with Crippen molar-refractivity contribution in [3.8, 4) is 0 Å². The van der Waals surface area contributed by atoms with Crippen molar-refractivity contribution in [3.05, 3.63) is 66.0 Å². The molecule has 1 aromatic heterocycles. The van der Waals surface area contributed by atoms with Gasteiger partial charge in [0.25, 0.3) is 0 Å². The summed E-state index contributed by atoms with van der Waals surface area (Å²) in [5, 5.41) is 9.94. The van der Waals surface area contributed by atoms with Crippen LogP contribution < -0.4 is 0 Å². The molecule has 1 atom stereocenters. The quantitative estimate of drug-likeness (QED) is 0.810. The maximum absolute atomic E-state index is 11.9. The summed E-state index contributed by atoms with van der Waals surface area (Å²) in [7, 11) is 0. The van der Waals surface area contributed by atoms with Crippen LogP contribution in [0.1, 0.15) is 30.4 Å². The number of pyridine rings is 1. The number of carbonyl (C=O) groups excluding carboxylic acids is 1. The van der Waals surface area contributed by atoms with Gasteiger partial charge >= 0.3 is 0 Å². The van der Waals surface area contributed by atoms with Crippen molar-refractivity contribution in [3.63, 3.8) is 0 Å². The van der Waals surface area contributed by atoms with Crippen LogP contribution in [0.2, 0.25) is 0 Å². The molecule has 2 rings (SSSR count). The highest BCUT2D eigenvalue weighted by Gasteiger charge is 2.11. The molecule has 1 heterocycles. The molecule has 0 radical (unpaired) electrons. The van der Waals surface area contributed by atoms with E-state index in [9.17, 15) is 9.90 Å². The fourth-order valence-corrected chi connectivity index (χ4v) is 2.27. The number of aromatic nitrogens is 1. The van der Waals surface area contributed by atoms with Crippen LogP contribution in [0.5, 0.6) is 0 Å². The van der Waals surface area contributed by atoms with Crippen LogP contribution in [0.15, 0.2) is 54.9 Å². The highest BCUT2D eigenvalue weighted by Crippen LogP contribution is 2.09. The van der Waals surface area contributed by atoms with E-state index in [2.05, 4.69) is 4.98 Å². The number of Topliss-reactive ketones (excluding diaryl/α,β-unsaturated/α-hetero) is 1. The molecule has 1 aromatic carbocycles. The first kappa shape index (κ1) is 15.4. The molecule has 0 amide bonds. The van der Waals surface area contributed by atoms with E-state index < -0.39 is 6.10 Å². The molecule has 0 aliphatic heterocycles. The minimum Gasteiger partial charge on any atom is -0.393 e. The van der Waals surface area contributed by atoms with Crippen LogP contribution in [-0.4, -0.2) is 22.0 Å². The number of carbonyl (C=O) groups is 1. The smallest absolute Gasteiger partial charge is 0.135 e. The Morgan fingerprint density at radius 1 is 1.05 bits per heavy atom. The third-order valence-corrected chi connectivity index (χ3v) is 3.49. The zero-order valence-electron chi connectivity index (χ0n) is 12.1. The Balaban J connectivity index is 1.67. The van der Waals surface area contributed by atoms with E-state index in [4.69, 9.17) is 0 Å². The fraction of sp³-hybridized carbons (Fsp3) is 0.333. The highest BCUT2D eigenvalue weighted by molar-refractivity contribution is 5.79. The molecule has 3 nitrogen and oxygen atoms in total. The summed E-state index contributed by atoms with van der Waals surface area (Å²) in [4.78, 5) is 15.9. The Hall–Kier alpha value is -2.00. The van der Waals surface area contributed by atoms with Gasteiger partial charge in [-0.25, -0.2) is 0 Å². The largest absolute Gasteiger partial charge is 0.393 e. The summed E-state index contributed by atoms with van der Waals surface area (Å²) in [5.41, 5.74) is 2.25. The highest BCUT2D eigenvalue weighted by atomic mass is 16.3. The Morgan fingerprint density at radius 3 is 2.52 bits per heavy atom. The molecular formula is C18H21NO2. The molecule has 0 fully saturated rings. The van der Waals surface area contributed by atoms with Gasteiger partial charge in [0.1, 0.15) is 5.78 Å². The molecule has 0 saturated heterocycles. The zero-order valence-corrected chi connectivity index (χ0v) is 12.1. The van der Waals surface area contributed by atoms with Crippen molar-refractivity contribution in [2.45, 2.75) is 38.2 Å². The monoisotopic (exact) mass is 283 g/mol. The average molecular weight is 283 g/mol. The molecular weight excluding hydrogens is 262 g/mol. The van der Waals surface area contributed by atoms with Gasteiger partial charge in [0.15, 0.2) is 0 Å². The standard InChI is InChI=1S/C18H21NO2/c20-17(10-8-15-5-2-1-3-6-15)13-18(21)11-9-16-7-4-12-19-14-16/h1-7,12,14,18,21H,8-11,13H2. The van der Waals surface area contributed by atoms with Crippen LogP contribution in [0, 0.1) is 0 Å². The average Bonchev–Trinajstić information content (AvgIpc) is 2.53. The van der Waals surface area contributed by atoms with Gasteiger partial charge in [-0.1, -0.05) is 36.4 Å². The SMILES string of the molecule is O=C(CCc1ccccc1)CC(O)CCc1cccnc1. The third-order valence-electron chi connectivity index (χ3n) is 3.49. The van der Waals surface area contributed by atoms with Gasteiger partial charge in [-0.15, -0.1) is 0 Å². The van der Waals surface area contributed by atoms with E-state index in [1.807, 2.05) is 42.5 Å². The van der Waals surface area contributed by atoms with Gasteiger partial charge in [0.05, 0.1) is 6.10 Å². The molecule has 21 heavy (non-hydrogen) atoms. The van der Waals surface area contributed by atoms with Crippen molar-refractivity contribution in [2.24, 2.45) is 0 Å². The van der Waals surface area contributed by atoms with Gasteiger partial charge in [-0.2, -0.15) is 0 Å². The molecule has 0 aliphatic rings. The summed E-state index contributed by atoms with van der Waals surface area (Å²) >= 11 is 0. The number of hydrogen-bond donors (Lipinski definition) is 1. The molecule has 2 aromatic rings. The molecule has 1 N–H and O–H groups in total. The molecule has 0 aliphatic carbocycles. The van der Waals surface area contributed by atoms with Gasteiger partial charge < -0.3 is 5.11 Å². The van der Waals surface area contributed by atoms with Gasteiger partial charge in [-0.3, -0.25) is 9.78 Å². The summed E-state index contributed by atoms with van der Waals surface area (Å²) < 4.78 is 0. The predicted octanol–water partition coefficient (Wildman–Crippen LogP) is 2.97. The topological polar surface area (TPSA) is 50.2 Å². The first-order chi connectivity index (χ1) is 10.2. The van der Waals surface area contributed by atoms with E-state index in [-0.39, 0.29) is 12.2 Å². The van der Waals surface area contributed by atoms with E-state index >= 15 is 0 Å².